The molecular weight excluding hydrogens is 294 g/mol. The van der Waals surface area contributed by atoms with Crippen molar-refractivity contribution < 1.29 is 19.4 Å². The quantitative estimate of drug-likeness (QED) is 0.815. The minimum absolute atomic E-state index is 0.0560. The first kappa shape index (κ1) is 15.4. The lowest BCUT2D eigenvalue weighted by atomic mass is 10.0. The number of rotatable bonds is 6. The van der Waals surface area contributed by atoms with Gasteiger partial charge in [0.2, 0.25) is 5.91 Å². The molecule has 0 radical (unpaired) electrons. The number of hydrogen-bond acceptors (Lipinski definition) is 3. The van der Waals surface area contributed by atoms with Crippen LogP contribution in [0.4, 0.5) is 0 Å². The van der Waals surface area contributed by atoms with Gasteiger partial charge in [-0.05, 0) is 49.9 Å². The van der Waals surface area contributed by atoms with E-state index in [9.17, 15) is 14.7 Å². The summed E-state index contributed by atoms with van der Waals surface area (Å²) in [5.41, 5.74) is 0.118. The van der Waals surface area contributed by atoms with Crippen LogP contribution in [0.15, 0.2) is 0 Å². The first-order chi connectivity index (χ1) is 10.8. The van der Waals surface area contributed by atoms with Gasteiger partial charge in [0.15, 0.2) is 0 Å². The molecule has 4 rings (SSSR count). The van der Waals surface area contributed by atoms with E-state index in [0.717, 1.165) is 12.8 Å². The lowest BCUT2D eigenvalue weighted by Crippen LogP contribution is -2.46. The van der Waals surface area contributed by atoms with E-state index in [1.54, 1.807) is 4.90 Å². The first-order valence-corrected chi connectivity index (χ1v) is 8.96. The van der Waals surface area contributed by atoms with Crippen molar-refractivity contribution in [1.29, 1.82) is 0 Å². The third kappa shape index (κ3) is 2.39. The van der Waals surface area contributed by atoms with Crippen LogP contribution in [0.3, 0.4) is 0 Å². The number of piperidine rings is 1. The molecule has 0 unspecified atom stereocenters. The number of ether oxygens (including phenoxy) is 1. The molecule has 4 atom stereocenters. The van der Waals surface area contributed by atoms with Crippen molar-refractivity contribution in [2.24, 2.45) is 23.2 Å². The maximum atomic E-state index is 12.6. The standard InChI is InChI=1S/C18H27NO4/c1-10(23-18(6-7-18)11-4-5-11)8-13(20)19-9-12-14(17(12,2)3)15(19)16(21)22/h10-12,14-15H,4-9H2,1-3H3,(H,21,22)/t10-,12+,14+,15+/m1/s1. The summed E-state index contributed by atoms with van der Waals surface area (Å²) in [6, 6.07) is -0.645. The lowest BCUT2D eigenvalue weighted by Gasteiger charge is -2.30. The van der Waals surface area contributed by atoms with Crippen LogP contribution in [0.25, 0.3) is 0 Å². The number of carboxylic acid groups (broad SMARTS) is 1. The Bertz CT molecular complexity index is 549. The van der Waals surface area contributed by atoms with Gasteiger partial charge in [-0.3, -0.25) is 4.79 Å². The number of nitrogens with zero attached hydrogens (tertiary/aromatic N) is 1. The minimum atomic E-state index is -0.860. The SMILES string of the molecule is C[C@H](CC(=O)N1C[C@H]2[C@@H]([C@H]1C(=O)O)C2(C)C)OC1(C2CC2)CC1. The third-order valence-electron chi connectivity index (χ3n) is 6.74. The highest BCUT2D eigenvalue weighted by Gasteiger charge is 2.69. The predicted molar refractivity (Wildman–Crippen MR) is 83.8 cm³/mol. The number of aliphatic carboxylic acids is 1. The van der Waals surface area contributed by atoms with E-state index in [-0.39, 0.29) is 28.9 Å². The molecule has 0 aromatic heterocycles. The van der Waals surface area contributed by atoms with Crippen LogP contribution < -0.4 is 0 Å². The van der Waals surface area contributed by atoms with Gasteiger partial charge in [0.1, 0.15) is 6.04 Å². The number of carbonyl (C=O) groups excluding carboxylic acids is 1. The number of hydrogen-bond donors (Lipinski definition) is 1. The van der Waals surface area contributed by atoms with Gasteiger partial charge in [-0.15, -0.1) is 0 Å². The normalized spacial score (nSPS) is 37.2. The molecule has 1 saturated heterocycles. The molecular formula is C18H27NO4. The van der Waals surface area contributed by atoms with Crippen molar-refractivity contribution >= 4 is 11.9 Å². The molecule has 4 aliphatic rings. The van der Waals surface area contributed by atoms with Crippen molar-refractivity contribution in [2.75, 3.05) is 6.54 Å². The first-order valence-electron chi connectivity index (χ1n) is 8.96. The van der Waals surface area contributed by atoms with Crippen LogP contribution in [-0.4, -0.2) is 46.2 Å². The second-order valence-corrected chi connectivity index (χ2v) is 8.75. The second kappa shape index (κ2) is 4.71. The summed E-state index contributed by atoms with van der Waals surface area (Å²) in [4.78, 5) is 25.9. The molecule has 128 valence electrons. The summed E-state index contributed by atoms with van der Waals surface area (Å²) < 4.78 is 6.18. The summed E-state index contributed by atoms with van der Waals surface area (Å²) in [6.45, 7) is 6.77. The van der Waals surface area contributed by atoms with E-state index in [4.69, 9.17) is 4.74 Å². The molecule has 0 bridgehead atoms. The molecule has 0 aromatic carbocycles. The van der Waals surface area contributed by atoms with Crippen molar-refractivity contribution in [3.8, 4) is 0 Å². The fourth-order valence-electron chi connectivity index (χ4n) is 4.99. The average Bonchev–Trinajstić information content (AvgIpc) is 3.35. The van der Waals surface area contributed by atoms with Crippen LogP contribution in [0.2, 0.25) is 0 Å². The van der Waals surface area contributed by atoms with E-state index in [2.05, 4.69) is 13.8 Å². The Morgan fingerprint density at radius 2 is 1.96 bits per heavy atom. The average molecular weight is 321 g/mol. The fourth-order valence-corrected chi connectivity index (χ4v) is 4.99. The molecule has 1 N–H and O–H groups in total. The predicted octanol–water partition coefficient (Wildman–Crippen LogP) is 2.29. The Morgan fingerprint density at radius 1 is 1.30 bits per heavy atom. The van der Waals surface area contributed by atoms with Crippen molar-refractivity contribution in [3.05, 3.63) is 0 Å². The molecule has 1 heterocycles. The molecule has 1 aliphatic heterocycles. The van der Waals surface area contributed by atoms with Crippen LogP contribution >= 0.6 is 0 Å². The maximum Gasteiger partial charge on any atom is 0.326 e. The van der Waals surface area contributed by atoms with Crippen LogP contribution in [0.5, 0.6) is 0 Å². The van der Waals surface area contributed by atoms with Crippen molar-refractivity contribution in [3.63, 3.8) is 0 Å². The van der Waals surface area contributed by atoms with E-state index in [0.29, 0.717) is 24.8 Å². The van der Waals surface area contributed by atoms with Gasteiger partial charge in [-0.2, -0.15) is 0 Å². The summed E-state index contributed by atoms with van der Waals surface area (Å²) in [7, 11) is 0. The Labute approximate surface area is 137 Å². The number of likely N-dealkylation sites (tertiary alicyclic amines) is 1. The molecule has 3 saturated carbocycles. The second-order valence-electron chi connectivity index (χ2n) is 8.75. The molecule has 5 nitrogen and oxygen atoms in total. The number of fused-ring (bicyclic) bond motifs is 1. The largest absolute Gasteiger partial charge is 0.480 e. The maximum absolute atomic E-state index is 12.6. The molecule has 1 amide bonds. The van der Waals surface area contributed by atoms with Gasteiger partial charge >= 0.3 is 5.97 Å². The zero-order valence-corrected chi connectivity index (χ0v) is 14.2. The smallest absolute Gasteiger partial charge is 0.326 e. The van der Waals surface area contributed by atoms with E-state index >= 15 is 0 Å². The fraction of sp³-hybridized carbons (Fsp3) is 0.889. The molecule has 5 heteroatoms. The molecule has 0 aromatic rings. The van der Waals surface area contributed by atoms with Gasteiger partial charge in [0.05, 0.1) is 18.1 Å². The van der Waals surface area contributed by atoms with Gasteiger partial charge in [-0.25, -0.2) is 4.79 Å². The number of carbonyl (C=O) groups is 2. The zero-order valence-electron chi connectivity index (χ0n) is 14.2. The third-order valence-corrected chi connectivity index (χ3v) is 6.74. The van der Waals surface area contributed by atoms with E-state index in [1.807, 2.05) is 6.92 Å². The van der Waals surface area contributed by atoms with E-state index in [1.165, 1.54) is 12.8 Å². The van der Waals surface area contributed by atoms with Crippen LogP contribution in [-0.2, 0) is 14.3 Å². The lowest BCUT2D eigenvalue weighted by molar-refractivity contribution is -0.152. The van der Waals surface area contributed by atoms with Gasteiger partial charge in [-0.1, -0.05) is 13.8 Å². The summed E-state index contributed by atoms with van der Waals surface area (Å²) in [5.74, 6) is 0.236. The Morgan fingerprint density at radius 3 is 2.48 bits per heavy atom. The van der Waals surface area contributed by atoms with Gasteiger partial charge in [0.25, 0.3) is 0 Å². The Hall–Kier alpha value is -1.10. The molecule has 0 spiro atoms. The van der Waals surface area contributed by atoms with Crippen LogP contribution in [0, 0.1) is 23.2 Å². The van der Waals surface area contributed by atoms with Gasteiger partial charge < -0.3 is 14.7 Å². The number of amides is 1. The highest BCUT2D eigenvalue weighted by Crippen LogP contribution is 2.65. The van der Waals surface area contributed by atoms with Crippen LogP contribution in [0.1, 0.15) is 52.9 Å². The summed E-state index contributed by atoms with van der Waals surface area (Å²) in [5, 5.41) is 9.55. The Kier molecular flexibility index (Phi) is 3.16. The highest BCUT2D eigenvalue weighted by atomic mass is 16.5. The summed E-state index contributed by atoms with van der Waals surface area (Å²) >= 11 is 0. The molecule has 4 fully saturated rings. The zero-order chi connectivity index (χ0) is 16.6. The molecule has 3 aliphatic carbocycles. The van der Waals surface area contributed by atoms with E-state index < -0.39 is 12.0 Å². The van der Waals surface area contributed by atoms with Crippen molar-refractivity contribution in [2.45, 2.75) is 70.6 Å². The van der Waals surface area contributed by atoms with Crippen molar-refractivity contribution in [1.82, 2.24) is 4.90 Å². The van der Waals surface area contributed by atoms with Gasteiger partial charge in [0, 0.05) is 12.5 Å². The highest BCUT2D eigenvalue weighted by molar-refractivity contribution is 5.86. The molecule has 23 heavy (non-hydrogen) atoms. The topological polar surface area (TPSA) is 66.8 Å². The Balaban J connectivity index is 1.36. The number of carboxylic acids is 1. The monoisotopic (exact) mass is 321 g/mol. The minimum Gasteiger partial charge on any atom is -0.480 e. The summed E-state index contributed by atoms with van der Waals surface area (Å²) in [6.07, 6.45) is 4.94.